The van der Waals surface area contributed by atoms with Crippen molar-refractivity contribution in [2.45, 2.75) is 25.8 Å². The second-order valence-electron chi connectivity index (χ2n) is 4.57. The van der Waals surface area contributed by atoms with Crippen molar-refractivity contribution in [1.29, 1.82) is 0 Å². The number of rotatable bonds is 3. The Balaban J connectivity index is 1.62. The van der Waals surface area contributed by atoms with Crippen LogP contribution < -0.4 is 5.32 Å². The van der Waals surface area contributed by atoms with Crippen LogP contribution in [0.4, 0.5) is 0 Å². The van der Waals surface area contributed by atoms with Crippen LogP contribution in [0.15, 0.2) is 29.0 Å². The van der Waals surface area contributed by atoms with Crippen molar-refractivity contribution in [2.24, 2.45) is 0 Å². The molecule has 0 fully saturated rings. The molecule has 1 N–H and O–H groups in total. The summed E-state index contributed by atoms with van der Waals surface area (Å²) in [6.45, 7) is 0.604. The third-order valence-corrected chi connectivity index (χ3v) is 4.92. The van der Waals surface area contributed by atoms with E-state index in [-0.39, 0.29) is 5.91 Å². The molecule has 0 aromatic carbocycles. The minimum atomic E-state index is -0.0754. The molecule has 2 aromatic heterocycles. The number of amides is 1. The largest absolute Gasteiger partial charge is 0.347 e. The molecule has 1 aliphatic carbocycles. The van der Waals surface area contributed by atoms with Crippen molar-refractivity contribution in [3.05, 3.63) is 49.9 Å². The summed E-state index contributed by atoms with van der Waals surface area (Å²) in [5.74, 6) is -0.0754. The maximum atomic E-state index is 11.9. The van der Waals surface area contributed by atoms with Crippen molar-refractivity contribution < 1.29 is 4.79 Å². The normalized spacial score (nSPS) is 13.3. The molecule has 98 valence electrons. The van der Waals surface area contributed by atoms with Gasteiger partial charge in [-0.1, -0.05) is 0 Å². The van der Waals surface area contributed by atoms with Crippen LogP contribution >= 0.6 is 27.3 Å². The van der Waals surface area contributed by atoms with Crippen molar-refractivity contribution in [1.82, 2.24) is 10.3 Å². The van der Waals surface area contributed by atoms with Crippen LogP contribution in [0, 0.1) is 0 Å². The Morgan fingerprint density at radius 1 is 1.42 bits per heavy atom. The monoisotopic (exact) mass is 336 g/mol. The van der Waals surface area contributed by atoms with Crippen LogP contribution in [0.1, 0.15) is 32.1 Å². The van der Waals surface area contributed by atoms with E-state index in [0.29, 0.717) is 12.1 Å². The lowest BCUT2D eigenvalue weighted by molar-refractivity contribution is 0.0951. The number of carbonyl (C=O) groups excluding carboxylic acids is 1. The zero-order chi connectivity index (χ0) is 13.2. The van der Waals surface area contributed by atoms with Gasteiger partial charge < -0.3 is 5.32 Å². The maximum absolute atomic E-state index is 11.9. The Hall–Kier alpha value is -1.20. The van der Waals surface area contributed by atoms with Crippen LogP contribution in [-0.2, 0) is 19.4 Å². The predicted octanol–water partition coefficient (Wildman–Crippen LogP) is 3.32. The Morgan fingerprint density at radius 3 is 3.05 bits per heavy atom. The molecule has 0 aliphatic heterocycles. The van der Waals surface area contributed by atoms with Gasteiger partial charge in [-0.05, 0) is 59.0 Å². The summed E-state index contributed by atoms with van der Waals surface area (Å²) < 4.78 is 0.735. The molecule has 1 aliphatic rings. The fraction of sp³-hybridized carbons (Fsp3) is 0.286. The molecule has 2 aromatic rings. The summed E-state index contributed by atoms with van der Waals surface area (Å²) >= 11 is 5.08. The van der Waals surface area contributed by atoms with Crippen molar-refractivity contribution in [2.75, 3.05) is 0 Å². The molecule has 19 heavy (non-hydrogen) atoms. The molecule has 0 bridgehead atoms. The van der Waals surface area contributed by atoms with E-state index in [1.54, 1.807) is 18.3 Å². The van der Waals surface area contributed by atoms with E-state index in [1.807, 2.05) is 11.3 Å². The van der Waals surface area contributed by atoms with E-state index in [9.17, 15) is 4.79 Å². The molecule has 3 rings (SSSR count). The van der Waals surface area contributed by atoms with E-state index in [0.717, 1.165) is 4.60 Å². The molecule has 3 nitrogen and oxygen atoms in total. The van der Waals surface area contributed by atoms with Gasteiger partial charge in [0.05, 0.1) is 12.1 Å². The maximum Gasteiger partial charge on any atom is 0.253 e. The summed E-state index contributed by atoms with van der Waals surface area (Å²) in [7, 11) is 0. The van der Waals surface area contributed by atoms with Gasteiger partial charge in [0.1, 0.15) is 4.60 Å². The van der Waals surface area contributed by atoms with Gasteiger partial charge in [-0.15, -0.1) is 11.3 Å². The Labute approximate surface area is 124 Å². The van der Waals surface area contributed by atoms with Gasteiger partial charge in [0.2, 0.25) is 0 Å². The smallest absolute Gasteiger partial charge is 0.253 e. The van der Waals surface area contributed by atoms with E-state index in [4.69, 9.17) is 0 Å². The lowest BCUT2D eigenvalue weighted by atomic mass is 10.2. The number of aryl methyl sites for hydroxylation is 2. The van der Waals surface area contributed by atoms with Gasteiger partial charge in [-0.2, -0.15) is 0 Å². The third-order valence-electron chi connectivity index (χ3n) is 3.21. The minimum absolute atomic E-state index is 0.0754. The number of nitrogens with zero attached hydrogens (tertiary/aromatic N) is 1. The van der Waals surface area contributed by atoms with Crippen LogP contribution in [0.25, 0.3) is 0 Å². The molecular weight excluding hydrogens is 324 g/mol. The summed E-state index contributed by atoms with van der Waals surface area (Å²) in [6.07, 6.45) is 5.24. The van der Waals surface area contributed by atoms with Crippen LogP contribution in [0.3, 0.4) is 0 Å². The first-order valence-corrected chi connectivity index (χ1v) is 7.83. The van der Waals surface area contributed by atoms with E-state index in [1.165, 1.54) is 34.6 Å². The number of fused-ring (bicyclic) bond motifs is 1. The fourth-order valence-electron chi connectivity index (χ4n) is 2.26. The lowest BCUT2D eigenvalue weighted by Gasteiger charge is -2.03. The summed E-state index contributed by atoms with van der Waals surface area (Å²) in [6, 6.07) is 5.77. The van der Waals surface area contributed by atoms with E-state index >= 15 is 0 Å². The van der Waals surface area contributed by atoms with Gasteiger partial charge in [0.15, 0.2) is 0 Å². The van der Waals surface area contributed by atoms with Crippen LogP contribution in [0.5, 0.6) is 0 Å². The van der Waals surface area contributed by atoms with E-state index < -0.39 is 0 Å². The highest BCUT2D eigenvalue weighted by molar-refractivity contribution is 9.10. The number of hydrogen-bond acceptors (Lipinski definition) is 3. The standard InChI is InChI=1S/C14H13BrN2OS/c15-13-5-4-10(7-16-13)14(18)17-8-11-6-9-2-1-3-12(9)19-11/h4-7H,1-3,8H2,(H,17,18). The Kier molecular flexibility index (Phi) is 3.66. The Bertz CT molecular complexity index is 585. The predicted molar refractivity (Wildman–Crippen MR) is 79.5 cm³/mol. The topological polar surface area (TPSA) is 42.0 Å². The molecule has 0 radical (unpaired) electrons. The zero-order valence-corrected chi connectivity index (χ0v) is 12.7. The number of pyridine rings is 1. The Morgan fingerprint density at radius 2 is 2.32 bits per heavy atom. The summed E-state index contributed by atoms with van der Waals surface area (Å²) in [5.41, 5.74) is 2.06. The molecule has 0 atom stereocenters. The van der Waals surface area contributed by atoms with Crippen LogP contribution in [-0.4, -0.2) is 10.9 Å². The molecule has 2 heterocycles. The first-order valence-electron chi connectivity index (χ1n) is 6.22. The molecular formula is C14H13BrN2OS. The molecule has 5 heteroatoms. The van der Waals surface area contributed by atoms with Crippen molar-refractivity contribution >= 4 is 33.2 Å². The molecule has 0 saturated heterocycles. The second-order valence-corrected chi connectivity index (χ2v) is 6.60. The highest BCUT2D eigenvalue weighted by atomic mass is 79.9. The minimum Gasteiger partial charge on any atom is -0.347 e. The summed E-state index contributed by atoms with van der Waals surface area (Å²) in [5, 5.41) is 2.94. The van der Waals surface area contributed by atoms with Gasteiger partial charge in [0, 0.05) is 16.0 Å². The lowest BCUT2D eigenvalue weighted by Crippen LogP contribution is -2.22. The van der Waals surface area contributed by atoms with Gasteiger partial charge >= 0.3 is 0 Å². The molecule has 0 unspecified atom stereocenters. The quantitative estimate of drug-likeness (QED) is 0.873. The first-order chi connectivity index (χ1) is 9.22. The molecule has 0 spiro atoms. The van der Waals surface area contributed by atoms with Crippen molar-refractivity contribution in [3.8, 4) is 0 Å². The van der Waals surface area contributed by atoms with Crippen molar-refractivity contribution in [3.63, 3.8) is 0 Å². The highest BCUT2D eigenvalue weighted by Crippen LogP contribution is 2.30. The first kappa shape index (κ1) is 12.8. The number of carbonyl (C=O) groups is 1. The van der Waals surface area contributed by atoms with Gasteiger partial charge in [-0.25, -0.2) is 4.98 Å². The second kappa shape index (κ2) is 5.43. The highest BCUT2D eigenvalue weighted by Gasteiger charge is 2.15. The van der Waals surface area contributed by atoms with Gasteiger partial charge in [0.25, 0.3) is 5.91 Å². The summed E-state index contributed by atoms with van der Waals surface area (Å²) in [4.78, 5) is 18.7. The third kappa shape index (κ3) is 2.87. The van der Waals surface area contributed by atoms with Crippen LogP contribution in [0.2, 0.25) is 0 Å². The number of hydrogen-bond donors (Lipinski definition) is 1. The average Bonchev–Trinajstić information content (AvgIpc) is 2.97. The zero-order valence-electron chi connectivity index (χ0n) is 10.3. The number of nitrogens with one attached hydrogen (secondary N) is 1. The SMILES string of the molecule is O=C(NCc1cc2c(s1)CCC2)c1ccc(Br)nc1. The molecule has 1 amide bonds. The number of thiophene rings is 1. The van der Waals surface area contributed by atoms with Gasteiger partial charge in [-0.3, -0.25) is 4.79 Å². The average molecular weight is 337 g/mol. The molecule has 0 saturated carbocycles. The fourth-order valence-corrected chi connectivity index (χ4v) is 3.69. The number of halogens is 1. The number of aromatic nitrogens is 1. The van der Waals surface area contributed by atoms with E-state index in [2.05, 4.69) is 32.3 Å².